The molecule has 7 nitrogen and oxygen atoms in total. The molecule has 0 aliphatic carbocycles. The minimum absolute atomic E-state index is 0.197. The maximum absolute atomic E-state index is 14.4. The molecule has 8 heteroatoms. The topological polar surface area (TPSA) is 79.0 Å². The number of methoxy groups -OCH3 is 1. The molecule has 0 aromatic heterocycles. The average Bonchev–Trinajstić information content (AvgIpc) is 2.80. The third-order valence-corrected chi connectivity index (χ3v) is 6.27. The van der Waals surface area contributed by atoms with Gasteiger partial charge in [-0.25, -0.2) is 14.1 Å². The molecule has 2 heterocycles. The summed E-state index contributed by atoms with van der Waals surface area (Å²) >= 11 is 0. The molecule has 0 saturated carbocycles. The molecular weight excluding hydrogens is 449 g/mol. The van der Waals surface area contributed by atoms with Crippen molar-refractivity contribution >= 4 is 40.9 Å². The van der Waals surface area contributed by atoms with Gasteiger partial charge in [-0.15, -0.1) is 0 Å². The zero-order valence-corrected chi connectivity index (χ0v) is 20.4. The first-order valence-corrected chi connectivity index (χ1v) is 11.4. The molecule has 1 N–H and O–H groups in total. The third-order valence-electron chi connectivity index (χ3n) is 6.27. The third kappa shape index (κ3) is 4.20. The zero-order valence-electron chi connectivity index (χ0n) is 20.4. The van der Waals surface area contributed by atoms with E-state index in [1.165, 1.54) is 31.4 Å². The zero-order chi connectivity index (χ0) is 25.5. The van der Waals surface area contributed by atoms with Crippen molar-refractivity contribution in [1.82, 2.24) is 5.32 Å². The van der Waals surface area contributed by atoms with Crippen LogP contribution in [0.2, 0.25) is 0 Å². The Bertz CT molecular complexity index is 1300. The largest absolute Gasteiger partial charge is 0.496 e. The van der Waals surface area contributed by atoms with Gasteiger partial charge in [0.25, 0.3) is 11.8 Å². The van der Waals surface area contributed by atoms with E-state index in [1.807, 2.05) is 19.1 Å². The van der Waals surface area contributed by atoms with E-state index in [1.54, 1.807) is 0 Å². The Morgan fingerprint density at radius 3 is 2.49 bits per heavy atom. The number of benzene rings is 2. The van der Waals surface area contributed by atoms with Crippen LogP contribution < -0.4 is 19.9 Å². The number of halogens is 1. The molecule has 0 atom stereocenters. The van der Waals surface area contributed by atoms with Gasteiger partial charge in [0.05, 0.1) is 18.3 Å². The van der Waals surface area contributed by atoms with Crippen molar-refractivity contribution < 1.29 is 23.5 Å². The molecule has 2 aliphatic heterocycles. The fourth-order valence-corrected chi connectivity index (χ4v) is 4.71. The lowest BCUT2D eigenvalue weighted by atomic mass is 9.87. The van der Waals surface area contributed by atoms with E-state index in [-0.39, 0.29) is 16.8 Å². The molecule has 1 saturated heterocycles. The lowest BCUT2D eigenvalue weighted by molar-refractivity contribution is -0.122. The molecule has 2 aromatic rings. The van der Waals surface area contributed by atoms with Crippen LogP contribution in [0.5, 0.6) is 5.75 Å². The van der Waals surface area contributed by atoms with Gasteiger partial charge >= 0.3 is 6.03 Å². The van der Waals surface area contributed by atoms with Gasteiger partial charge in [-0.3, -0.25) is 14.9 Å². The quantitative estimate of drug-likeness (QED) is 0.489. The highest BCUT2D eigenvalue weighted by Crippen LogP contribution is 2.43. The number of imide groups is 2. The minimum Gasteiger partial charge on any atom is -0.496 e. The molecule has 2 aromatic carbocycles. The average molecular weight is 478 g/mol. The molecule has 35 heavy (non-hydrogen) atoms. The predicted molar refractivity (Wildman–Crippen MR) is 134 cm³/mol. The van der Waals surface area contributed by atoms with Crippen molar-refractivity contribution in [1.29, 1.82) is 0 Å². The lowest BCUT2D eigenvalue weighted by Gasteiger charge is -2.43. The van der Waals surface area contributed by atoms with Crippen molar-refractivity contribution in [2.45, 2.75) is 39.7 Å². The first kappa shape index (κ1) is 24.2. The second-order valence-corrected chi connectivity index (χ2v) is 9.15. The molecule has 182 valence electrons. The van der Waals surface area contributed by atoms with E-state index in [2.05, 4.69) is 37.1 Å². The van der Waals surface area contributed by atoms with Crippen LogP contribution in [0.1, 0.15) is 45.2 Å². The number of barbiturate groups is 1. The molecule has 4 rings (SSSR count). The van der Waals surface area contributed by atoms with E-state index in [9.17, 15) is 18.8 Å². The number of ether oxygens (including phenoxy) is 1. The van der Waals surface area contributed by atoms with Gasteiger partial charge in [-0.1, -0.05) is 25.1 Å². The Kier molecular flexibility index (Phi) is 6.23. The maximum Gasteiger partial charge on any atom is 0.336 e. The highest BCUT2D eigenvalue weighted by Gasteiger charge is 2.38. The van der Waals surface area contributed by atoms with E-state index < -0.39 is 23.7 Å². The number of nitrogens with zero attached hydrogens (tertiary/aromatic N) is 2. The lowest BCUT2D eigenvalue weighted by Crippen LogP contribution is -2.54. The number of amides is 4. The summed E-state index contributed by atoms with van der Waals surface area (Å²) < 4.78 is 20.0. The van der Waals surface area contributed by atoms with E-state index in [0.717, 1.165) is 35.9 Å². The molecule has 0 radical (unpaired) electrons. The van der Waals surface area contributed by atoms with Crippen LogP contribution in [0.15, 0.2) is 48.0 Å². The Morgan fingerprint density at radius 1 is 1.11 bits per heavy atom. The van der Waals surface area contributed by atoms with Crippen LogP contribution in [-0.4, -0.2) is 37.0 Å². The first-order valence-electron chi connectivity index (χ1n) is 11.4. The molecular formula is C27H28FN3O4. The van der Waals surface area contributed by atoms with Crippen LogP contribution in [0.25, 0.3) is 11.6 Å². The predicted octanol–water partition coefficient (Wildman–Crippen LogP) is 4.91. The first-order chi connectivity index (χ1) is 16.6. The summed E-state index contributed by atoms with van der Waals surface area (Å²) in [5.41, 5.74) is 2.78. The monoisotopic (exact) mass is 477 g/mol. The van der Waals surface area contributed by atoms with Gasteiger partial charge in [0.2, 0.25) is 0 Å². The molecule has 0 bridgehead atoms. The van der Waals surface area contributed by atoms with Crippen molar-refractivity contribution in [3.63, 3.8) is 0 Å². The number of anilines is 2. The van der Waals surface area contributed by atoms with Crippen LogP contribution in [0, 0.1) is 5.82 Å². The minimum atomic E-state index is -1.00. The number of carbonyl (C=O) groups excluding carboxylic acids is 3. The Morgan fingerprint density at radius 2 is 1.83 bits per heavy atom. The van der Waals surface area contributed by atoms with Crippen molar-refractivity contribution in [3.05, 3.63) is 65.0 Å². The second kappa shape index (κ2) is 9.02. The van der Waals surface area contributed by atoms with Crippen molar-refractivity contribution in [3.8, 4) is 5.75 Å². The summed E-state index contributed by atoms with van der Waals surface area (Å²) in [6.07, 6.45) is 4.53. The standard InChI is InChI=1S/C27H28FN3O4/c1-6-11-30-22-14-23(35-5)17(12-18(22)16(2)15-27(30,3)4)13-19-24(32)29-26(34)31(25(19)33)21-10-8-7-9-20(21)28/h7-10,12-15H,6,11H2,1-5H3,(H,29,32,34)/b19-13-. The highest BCUT2D eigenvalue weighted by molar-refractivity contribution is 6.39. The van der Waals surface area contributed by atoms with E-state index in [0.29, 0.717) is 16.2 Å². The van der Waals surface area contributed by atoms with Crippen LogP contribution in [-0.2, 0) is 9.59 Å². The van der Waals surface area contributed by atoms with Crippen molar-refractivity contribution in [2.24, 2.45) is 0 Å². The van der Waals surface area contributed by atoms with Gasteiger partial charge in [0.15, 0.2) is 0 Å². The van der Waals surface area contributed by atoms with Crippen molar-refractivity contribution in [2.75, 3.05) is 23.5 Å². The van der Waals surface area contributed by atoms with Gasteiger partial charge < -0.3 is 9.64 Å². The molecule has 0 spiro atoms. The van der Waals surface area contributed by atoms with Gasteiger partial charge in [-0.05, 0) is 57.0 Å². The van der Waals surface area contributed by atoms with Crippen LogP contribution in [0.3, 0.4) is 0 Å². The Hall–Kier alpha value is -3.94. The number of para-hydroxylation sites is 1. The van der Waals surface area contributed by atoms with E-state index >= 15 is 0 Å². The number of allylic oxidation sites excluding steroid dienone is 1. The number of urea groups is 1. The number of hydrogen-bond acceptors (Lipinski definition) is 5. The van der Waals surface area contributed by atoms with Gasteiger partial charge in [0, 0.05) is 29.4 Å². The summed E-state index contributed by atoms with van der Waals surface area (Å²) in [6, 6.07) is 8.17. The van der Waals surface area contributed by atoms with Crippen LogP contribution in [0.4, 0.5) is 20.6 Å². The normalized spacial score (nSPS) is 18.4. The fourth-order valence-electron chi connectivity index (χ4n) is 4.71. The number of rotatable bonds is 5. The SMILES string of the molecule is CCCN1c2cc(OC)c(/C=C3/C(=O)NC(=O)N(c4ccccc4F)C3=O)cc2C(C)=CC1(C)C. The summed E-state index contributed by atoms with van der Waals surface area (Å²) in [6.45, 7) is 9.28. The molecule has 2 aliphatic rings. The number of carbonyl (C=O) groups is 3. The Labute approximate surface area is 203 Å². The molecule has 0 unspecified atom stereocenters. The number of nitrogens with one attached hydrogen (secondary N) is 1. The molecule has 1 fully saturated rings. The Balaban J connectivity index is 1.84. The van der Waals surface area contributed by atoms with E-state index in [4.69, 9.17) is 4.74 Å². The van der Waals surface area contributed by atoms with Crippen LogP contribution >= 0.6 is 0 Å². The summed E-state index contributed by atoms with van der Waals surface area (Å²) in [4.78, 5) is 41.2. The summed E-state index contributed by atoms with van der Waals surface area (Å²) in [5.74, 6) is -2.05. The maximum atomic E-state index is 14.4. The van der Waals surface area contributed by atoms with Gasteiger partial charge in [0.1, 0.15) is 17.1 Å². The molecule has 4 amide bonds. The summed E-state index contributed by atoms with van der Waals surface area (Å²) in [7, 11) is 1.52. The summed E-state index contributed by atoms with van der Waals surface area (Å²) in [5, 5.41) is 2.13. The fraction of sp³-hybridized carbons (Fsp3) is 0.296. The smallest absolute Gasteiger partial charge is 0.336 e. The number of fused-ring (bicyclic) bond motifs is 1. The van der Waals surface area contributed by atoms with Gasteiger partial charge in [-0.2, -0.15) is 0 Å². The highest BCUT2D eigenvalue weighted by atomic mass is 19.1. The number of hydrogen-bond donors (Lipinski definition) is 1. The second-order valence-electron chi connectivity index (χ2n) is 9.15.